The quantitative estimate of drug-likeness (QED) is 0.247. The van der Waals surface area contributed by atoms with Crippen LogP contribution in [0.25, 0.3) is 11.6 Å². The molecule has 0 bridgehead atoms. The molecule has 1 aliphatic carbocycles. The monoisotopic (exact) mass is 379 g/mol. The van der Waals surface area contributed by atoms with E-state index in [1.54, 1.807) is 24.4 Å². The molecule has 1 aromatic heterocycles. The maximum absolute atomic E-state index is 10.6. The summed E-state index contributed by atoms with van der Waals surface area (Å²) in [6, 6.07) is 5.81. The zero-order chi connectivity index (χ0) is 20.4. The maximum Gasteiger partial charge on any atom is 0.191 e. The molecular weight excluding hydrogens is 350 g/mol. The smallest absolute Gasteiger partial charge is 0.191 e. The van der Waals surface area contributed by atoms with Gasteiger partial charge in [0.05, 0.1) is 17.9 Å². The van der Waals surface area contributed by atoms with Gasteiger partial charge in [-0.3, -0.25) is 4.98 Å². The van der Waals surface area contributed by atoms with Crippen LogP contribution in [0.15, 0.2) is 41.6 Å². The van der Waals surface area contributed by atoms with Crippen LogP contribution in [0.4, 0.5) is 0 Å². The van der Waals surface area contributed by atoms with E-state index in [1.807, 2.05) is 12.1 Å². The molecule has 2 rings (SSSR count). The molecule has 28 heavy (non-hydrogen) atoms. The van der Waals surface area contributed by atoms with Crippen LogP contribution < -0.4 is 0 Å². The summed E-state index contributed by atoms with van der Waals surface area (Å²) in [5.74, 6) is 0.372. The molecular formula is C23H29N3O2. The number of aliphatic hydroxyl groups excluding tert-OH is 1. The van der Waals surface area contributed by atoms with Gasteiger partial charge in [0.2, 0.25) is 0 Å². The Balaban J connectivity index is 2.23. The number of hydrogen-bond acceptors (Lipinski definition) is 5. The van der Waals surface area contributed by atoms with Gasteiger partial charge in [0.25, 0.3) is 0 Å². The van der Waals surface area contributed by atoms with Gasteiger partial charge in [-0.05, 0) is 36.1 Å². The first-order chi connectivity index (χ1) is 13.7. The summed E-state index contributed by atoms with van der Waals surface area (Å²) in [5, 5.41) is 27.6. The summed E-state index contributed by atoms with van der Waals surface area (Å²) in [5.41, 5.74) is 3.08. The van der Waals surface area contributed by atoms with E-state index in [2.05, 4.69) is 24.9 Å². The average molecular weight is 380 g/mol. The van der Waals surface area contributed by atoms with E-state index >= 15 is 0 Å². The van der Waals surface area contributed by atoms with Gasteiger partial charge < -0.3 is 15.3 Å². The molecule has 0 amide bonds. The van der Waals surface area contributed by atoms with E-state index in [9.17, 15) is 10.4 Å². The van der Waals surface area contributed by atoms with Crippen LogP contribution in [0.3, 0.4) is 0 Å². The molecule has 1 heterocycles. The van der Waals surface area contributed by atoms with Crippen molar-refractivity contribution >= 4 is 17.9 Å². The molecule has 1 aliphatic rings. The zero-order valence-electron chi connectivity index (χ0n) is 16.7. The van der Waals surface area contributed by atoms with Crippen molar-refractivity contribution in [1.82, 2.24) is 4.98 Å². The number of aromatic nitrogens is 1. The second-order valence-corrected chi connectivity index (χ2v) is 6.92. The molecule has 0 fully saturated rings. The fraction of sp³-hybridized carbons (Fsp3) is 0.435. The second kappa shape index (κ2) is 11.3. The van der Waals surface area contributed by atoms with Crippen LogP contribution >= 0.6 is 0 Å². The Bertz CT molecular complexity index is 802. The maximum atomic E-state index is 10.6. The topological polar surface area (TPSA) is 90.0 Å². The summed E-state index contributed by atoms with van der Waals surface area (Å²) in [7, 11) is 0. The Hall–Kier alpha value is -2.55. The summed E-state index contributed by atoms with van der Waals surface area (Å²) in [6.07, 6.45) is 12.3. The number of unbranched alkanes of at least 4 members (excludes halogenated alkanes) is 2. The van der Waals surface area contributed by atoms with Crippen LogP contribution in [0, 0.1) is 22.7 Å². The number of pyridine rings is 1. The Morgan fingerprint density at radius 2 is 2.21 bits per heavy atom. The minimum absolute atomic E-state index is 0.177. The lowest BCUT2D eigenvalue weighted by Gasteiger charge is -2.19. The van der Waals surface area contributed by atoms with E-state index in [0.717, 1.165) is 36.1 Å². The molecule has 0 aromatic carbocycles. The average Bonchev–Trinajstić information content (AvgIpc) is 3.08. The number of nitrogens with one attached hydrogen (secondary N) is 1. The van der Waals surface area contributed by atoms with Gasteiger partial charge >= 0.3 is 0 Å². The van der Waals surface area contributed by atoms with Gasteiger partial charge in [-0.25, -0.2) is 0 Å². The highest BCUT2D eigenvalue weighted by Crippen LogP contribution is 2.38. The van der Waals surface area contributed by atoms with Crippen LogP contribution in [0.1, 0.15) is 57.2 Å². The van der Waals surface area contributed by atoms with Gasteiger partial charge in [-0.15, -0.1) is 0 Å². The molecule has 148 valence electrons. The van der Waals surface area contributed by atoms with Crippen molar-refractivity contribution in [2.75, 3.05) is 6.61 Å². The summed E-state index contributed by atoms with van der Waals surface area (Å²) < 4.78 is 5.72. The molecule has 1 aromatic rings. The molecule has 2 N–H and O–H groups in total. The third kappa shape index (κ3) is 5.48. The normalized spacial score (nSPS) is 17.0. The molecule has 0 spiro atoms. The van der Waals surface area contributed by atoms with Crippen molar-refractivity contribution in [2.24, 2.45) is 5.92 Å². The number of fused-ring (bicyclic) bond motifs is 1. The van der Waals surface area contributed by atoms with Crippen molar-refractivity contribution in [3.63, 3.8) is 0 Å². The third-order valence-electron chi connectivity index (χ3n) is 4.98. The highest BCUT2D eigenvalue weighted by atomic mass is 16.6. The zero-order valence-corrected chi connectivity index (χ0v) is 16.7. The van der Waals surface area contributed by atoms with Gasteiger partial charge in [0.1, 0.15) is 6.07 Å². The first kappa shape index (κ1) is 21.7. The Labute approximate surface area is 167 Å². The molecule has 0 radical (unpaired) electrons. The van der Waals surface area contributed by atoms with Crippen LogP contribution in [-0.4, -0.2) is 29.2 Å². The van der Waals surface area contributed by atoms with E-state index < -0.39 is 6.29 Å². The number of rotatable bonds is 11. The highest BCUT2D eigenvalue weighted by Gasteiger charge is 2.26. The molecule has 0 saturated carbocycles. The largest absolute Gasteiger partial charge is 0.364 e. The van der Waals surface area contributed by atoms with Crippen molar-refractivity contribution in [3.8, 4) is 6.07 Å². The Kier molecular flexibility index (Phi) is 8.80. The summed E-state index contributed by atoms with van der Waals surface area (Å²) in [4.78, 5) is 4.34. The van der Waals surface area contributed by atoms with Crippen molar-refractivity contribution in [2.45, 2.75) is 52.2 Å². The van der Waals surface area contributed by atoms with Crippen molar-refractivity contribution in [3.05, 3.63) is 52.9 Å². The lowest BCUT2D eigenvalue weighted by Crippen LogP contribution is -2.20. The first-order valence-corrected chi connectivity index (χ1v) is 9.94. The van der Waals surface area contributed by atoms with Gasteiger partial charge in [-0.1, -0.05) is 51.7 Å². The Morgan fingerprint density at radius 1 is 1.39 bits per heavy atom. The standard InChI is InChI=1S/C23H29N3O2/c1-3-5-6-9-17(4-2)16-28-23(27)20(15-25)22-18(10-7-12-24)14-21-19(22)11-8-13-26-21/h7-8,10-14,17,23-24,27H,3-6,9,16H2,1-2H3/b10-7-,22-20+,24-12?. The molecule has 2 unspecified atom stereocenters. The van der Waals surface area contributed by atoms with Crippen molar-refractivity contribution in [1.29, 1.82) is 10.7 Å². The SMILES string of the molecule is CCCCCC(CC)COC(O)/C(C#N)=C1\C(/C=C\C=N)=Cc2ncccc21. The minimum Gasteiger partial charge on any atom is -0.364 e. The van der Waals surface area contributed by atoms with Crippen LogP contribution in [0.5, 0.6) is 0 Å². The summed E-state index contributed by atoms with van der Waals surface area (Å²) in [6.45, 7) is 4.73. The lowest BCUT2D eigenvalue weighted by atomic mass is 9.97. The molecule has 0 aliphatic heterocycles. The van der Waals surface area contributed by atoms with E-state index in [-0.39, 0.29) is 5.57 Å². The van der Waals surface area contributed by atoms with E-state index in [1.165, 1.54) is 19.1 Å². The Morgan fingerprint density at radius 3 is 2.89 bits per heavy atom. The molecule has 5 nitrogen and oxygen atoms in total. The number of ether oxygens (including phenoxy) is 1. The number of allylic oxidation sites excluding steroid dienone is 4. The first-order valence-electron chi connectivity index (χ1n) is 9.94. The van der Waals surface area contributed by atoms with E-state index in [0.29, 0.717) is 18.1 Å². The van der Waals surface area contributed by atoms with Crippen LogP contribution in [-0.2, 0) is 4.74 Å². The lowest BCUT2D eigenvalue weighted by molar-refractivity contribution is -0.0821. The number of hydrogen-bond donors (Lipinski definition) is 2. The highest BCUT2D eigenvalue weighted by molar-refractivity contribution is 5.99. The number of nitrogens with zero attached hydrogens (tertiary/aromatic N) is 2. The van der Waals surface area contributed by atoms with Crippen molar-refractivity contribution < 1.29 is 9.84 Å². The van der Waals surface area contributed by atoms with Gasteiger partial charge in [0, 0.05) is 23.5 Å². The molecule has 2 atom stereocenters. The predicted molar refractivity (Wildman–Crippen MR) is 113 cm³/mol. The van der Waals surface area contributed by atoms with Crippen LogP contribution in [0.2, 0.25) is 0 Å². The minimum atomic E-state index is -1.29. The molecule has 0 saturated heterocycles. The third-order valence-corrected chi connectivity index (χ3v) is 4.98. The number of nitriles is 1. The van der Waals surface area contributed by atoms with Gasteiger partial charge in [-0.2, -0.15) is 5.26 Å². The second-order valence-electron chi connectivity index (χ2n) is 6.92. The predicted octanol–water partition coefficient (Wildman–Crippen LogP) is 4.90. The fourth-order valence-corrected chi connectivity index (χ4v) is 3.34. The molecule has 5 heteroatoms. The van der Waals surface area contributed by atoms with Gasteiger partial charge in [0.15, 0.2) is 6.29 Å². The van der Waals surface area contributed by atoms with E-state index in [4.69, 9.17) is 10.1 Å². The summed E-state index contributed by atoms with van der Waals surface area (Å²) >= 11 is 0. The number of aliphatic hydroxyl groups is 1. The fourth-order valence-electron chi connectivity index (χ4n) is 3.34.